The van der Waals surface area contributed by atoms with Gasteiger partial charge in [-0.15, -0.1) is 0 Å². The summed E-state index contributed by atoms with van der Waals surface area (Å²) in [6.07, 6.45) is 4.42. The number of carboxylic acid groups (broad SMARTS) is 1. The number of hydrogen-bond donors (Lipinski definition) is 2. The molecule has 5 heteroatoms. The summed E-state index contributed by atoms with van der Waals surface area (Å²) in [5.74, 6) is -1.69. The predicted molar refractivity (Wildman–Crippen MR) is 73.7 cm³/mol. The molecule has 0 spiro atoms. The fourth-order valence-corrected chi connectivity index (χ4v) is 2.14. The van der Waals surface area contributed by atoms with Crippen LogP contribution in [-0.2, 0) is 0 Å². The van der Waals surface area contributed by atoms with E-state index < -0.39 is 11.8 Å². The molecule has 1 aromatic rings. The van der Waals surface area contributed by atoms with Gasteiger partial charge < -0.3 is 10.4 Å². The lowest BCUT2D eigenvalue weighted by Gasteiger charge is -2.09. The number of halogens is 2. The summed E-state index contributed by atoms with van der Waals surface area (Å²) in [7, 11) is 0. The number of carbonyl (C=O) groups is 1. The fourth-order valence-electron chi connectivity index (χ4n) is 1.63. The monoisotopic (exact) mass is 317 g/mol. The Morgan fingerprint density at radius 1 is 1.39 bits per heavy atom. The minimum Gasteiger partial charge on any atom is -0.478 e. The number of benzene rings is 1. The molecule has 0 amide bonds. The summed E-state index contributed by atoms with van der Waals surface area (Å²) in [6.45, 7) is 2.82. The van der Waals surface area contributed by atoms with E-state index >= 15 is 0 Å². The van der Waals surface area contributed by atoms with Crippen LogP contribution < -0.4 is 5.32 Å². The molecule has 0 fully saturated rings. The van der Waals surface area contributed by atoms with Gasteiger partial charge in [-0.1, -0.05) is 26.2 Å². The number of carboxylic acids is 1. The Bertz CT molecular complexity index is 424. The van der Waals surface area contributed by atoms with Crippen LogP contribution in [-0.4, -0.2) is 17.6 Å². The quantitative estimate of drug-likeness (QED) is 0.738. The van der Waals surface area contributed by atoms with Crippen molar-refractivity contribution in [3.63, 3.8) is 0 Å². The fraction of sp³-hybridized carbons (Fsp3) is 0.462. The van der Waals surface area contributed by atoms with Gasteiger partial charge >= 0.3 is 5.97 Å². The van der Waals surface area contributed by atoms with Crippen molar-refractivity contribution in [2.75, 3.05) is 11.9 Å². The van der Waals surface area contributed by atoms with Gasteiger partial charge in [0.1, 0.15) is 0 Å². The molecule has 0 unspecified atom stereocenters. The average Bonchev–Trinajstić information content (AvgIpc) is 2.33. The Labute approximate surface area is 115 Å². The molecule has 0 bridgehead atoms. The highest BCUT2D eigenvalue weighted by molar-refractivity contribution is 9.10. The van der Waals surface area contributed by atoms with Crippen LogP contribution in [0.25, 0.3) is 0 Å². The van der Waals surface area contributed by atoms with Crippen LogP contribution in [0.15, 0.2) is 16.6 Å². The number of unbranched alkanes of at least 4 members (excludes halogenated alkanes) is 3. The molecule has 0 aliphatic carbocycles. The SMILES string of the molecule is CCCCCCNc1ccc(C(=O)O)c(Br)c1F. The van der Waals surface area contributed by atoms with Crippen molar-refractivity contribution < 1.29 is 14.3 Å². The first-order chi connectivity index (χ1) is 8.57. The van der Waals surface area contributed by atoms with E-state index in [0.29, 0.717) is 12.2 Å². The topological polar surface area (TPSA) is 49.3 Å². The van der Waals surface area contributed by atoms with E-state index in [9.17, 15) is 9.18 Å². The van der Waals surface area contributed by atoms with Gasteiger partial charge in [-0.2, -0.15) is 0 Å². The normalized spacial score (nSPS) is 10.4. The Balaban J connectivity index is 2.62. The first-order valence-corrected chi connectivity index (χ1v) is 6.82. The summed E-state index contributed by atoms with van der Waals surface area (Å²) < 4.78 is 13.8. The average molecular weight is 318 g/mol. The zero-order chi connectivity index (χ0) is 13.5. The molecule has 1 aromatic carbocycles. The van der Waals surface area contributed by atoms with Crippen LogP contribution in [0.5, 0.6) is 0 Å². The Kier molecular flexibility index (Phi) is 6.12. The molecule has 0 saturated carbocycles. The predicted octanol–water partition coefficient (Wildman–Crippen LogP) is 4.28. The van der Waals surface area contributed by atoms with Gasteiger partial charge in [-0.05, 0) is 34.5 Å². The Morgan fingerprint density at radius 3 is 2.72 bits per heavy atom. The molecule has 2 N–H and O–H groups in total. The lowest BCUT2D eigenvalue weighted by atomic mass is 10.2. The molecular weight excluding hydrogens is 301 g/mol. The maximum absolute atomic E-state index is 13.8. The van der Waals surface area contributed by atoms with E-state index in [1.165, 1.54) is 18.6 Å². The molecule has 3 nitrogen and oxygen atoms in total. The van der Waals surface area contributed by atoms with Crippen molar-refractivity contribution in [1.29, 1.82) is 0 Å². The van der Waals surface area contributed by atoms with Gasteiger partial charge in [0.05, 0.1) is 15.7 Å². The van der Waals surface area contributed by atoms with E-state index in [1.807, 2.05) is 0 Å². The van der Waals surface area contributed by atoms with E-state index in [-0.39, 0.29) is 10.0 Å². The molecule has 0 saturated heterocycles. The highest BCUT2D eigenvalue weighted by Crippen LogP contribution is 2.27. The van der Waals surface area contributed by atoms with E-state index in [0.717, 1.165) is 19.3 Å². The van der Waals surface area contributed by atoms with Gasteiger partial charge in [0.15, 0.2) is 5.82 Å². The molecule has 100 valence electrons. The molecule has 0 aliphatic rings. The largest absolute Gasteiger partial charge is 0.478 e. The molecular formula is C13H17BrFNO2. The highest BCUT2D eigenvalue weighted by Gasteiger charge is 2.15. The minimum absolute atomic E-state index is 0.00596. The number of hydrogen-bond acceptors (Lipinski definition) is 2. The third-order valence-corrected chi connectivity index (χ3v) is 3.43. The molecule has 0 aliphatic heterocycles. The zero-order valence-corrected chi connectivity index (χ0v) is 11.9. The van der Waals surface area contributed by atoms with E-state index in [4.69, 9.17) is 5.11 Å². The molecule has 0 aromatic heterocycles. The summed E-state index contributed by atoms with van der Waals surface area (Å²) >= 11 is 2.97. The van der Waals surface area contributed by atoms with Crippen LogP contribution in [0.3, 0.4) is 0 Å². The maximum Gasteiger partial charge on any atom is 0.336 e. The number of rotatable bonds is 7. The summed E-state index contributed by atoms with van der Waals surface area (Å²) in [6, 6.07) is 2.85. The molecule has 1 rings (SSSR count). The highest BCUT2D eigenvalue weighted by atomic mass is 79.9. The van der Waals surface area contributed by atoms with Gasteiger partial charge in [0.25, 0.3) is 0 Å². The number of aromatic carboxylic acids is 1. The summed E-state index contributed by atoms with van der Waals surface area (Å²) in [5, 5.41) is 11.8. The van der Waals surface area contributed by atoms with E-state index in [1.54, 1.807) is 0 Å². The van der Waals surface area contributed by atoms with Crippen LogP contribution in [0.4, 0.5) is 10.1 Å². The van der Waals surface area contributed by atoms with Crippen molar-refractivity contribution in [1.82, 2.24) is 0 Å². The van der Waals surface area contributed by atoms with Crippen molar-refractivity contribution in [3.8, 4) is 0 Å². The maximum atomic E-state index is 13.8. The lowest BCUT2D eigenvalue weighted by Crippen LogP contribution is -2.06. The summed E-state index contributed by atoms with van der Waals surface area (Å²) in [5.41, 5.74) is 0.271. The van der Waals surface area contributed by atoms with Crippen molar-refractivity contribution in [2.24, 2.45) is 0 Å². The van der Waals surface area contributed by atoms with Crippen LogP contribution in [0, 0.1) is 5.82 Å². The van der Waals surface area contributed by atoms with Gasteiger partial charge in [-0.25, -0.2) is 9.18 Å². The zero-order valence-electron chi connectivity index (χ0n) is 10.3. The standard InChI is InChI=1S/C13H17BrFNO2/c1-2-3-4-5-8-16-10-7-6-9(13(17)18)11(14)12(10)15/h6-7,16H,2-5,8H2,1H3,(H,17,18). The molecule has 0 heterocycles. The molecule has 18 heavy (non-hydrogen) atoms. The summed E-state index contributed by atoms with van der Waals surface area (Å²) in [4.78, 5) is 10.8. The Hall–Kier alpha value is -1.10. The second kappa shape index (κ2) is 7.36. The third kappa shape index (κ3) is 3.98. The number of anilines is 1. The van der Waals surface area contributed by atoms with Gasteiger partial charge in [-0.3, -0.25) is 0 Å². The third-order valence-electron chi connectivity index (χ3n) is 2.66. The lowest BCUT2D eigenvalue weighted by molar-refractivity contribution is 0.0695. The van der Waals surface area contributed by atoms with Crippen molar-refractivity contribution in [3.05, 3.63) is 28.0 Å². The first-order valence-electron chi connectivity index (χ1n) is 6.03. The molecule has 0 atom stereocenters. The van der Waals surface area contributed by atoms with Gasteiger partial charge in [0, 0.05) is 6.54 Å². The Morgan fingerprint density at radius 2 is 2.11 bits per heavy atom. The van der Waals surface area contributed by atoms with Crippen LogP contribution in [0.1, 0.15) is 43.0 Å². The van der Waals surface area contributed by atoms with Crippen molar-refractivity contribution >= 4 is 27.6 Å². The second-order valence-corrected chi connectivity index (χ2v) is 4.87. The van der Waals surface area contributed by atoms with Crippen molar-refractivity contribution in [2.45, 2.75) is 32.6 Å². The van der Waals surface area contributed by atoms with Crippen LogP contribution in [0.2, 0.25) is 0 Å². The van der Waals surface area contributed by atoms with Gasteiger partial charge in [0.2, 0.25) is 0 Å². The molecule has 0 radical (unpaired) electrons. The van der Waals surface area contributed by atoms with Crippen LogP contribution >= 0.6 is 15.9 Å². The van der Waals surface area contributed by atoms with E-state index in [2.05, 4.69) is 28.2 Å². The smallest absolute Gasteiger partial charge is 0.336 e. The second-order valence-electron chi connectivity index (χ2n) is 4.08. The first kappa shape index (κ1) is 15.0. The minimum atomic E-state index is -1.14. The number of nitrogens with one attached hydrogen (secondary N) is 1.